The first-order valence-electron chi connectivity index (χ1n) is 7.00. The summed E-state index contributed by atoms with van der Waals surface area (Å²) in [5, 5.41) is 12.2. The first kappa shape index (κ1) is 17.4. The van der Waals surface area contributed by atoms with Crippen molar-refractivity contribution in [2.45, 2.75) is 25.4 Å². The summed E-state index contributed by atoms with van der Waals surface area (Å²) in [6.07, 6.45) is -5.69. The molecule has 0 unspecified atom stereocenters. The van der Waals surface area contributed by atoms with Crippen LogP contribution in [0.5, 0.6) is 5.75 Å². The molecule has 2 N–H and O–H groups in total. The third kappa shape index (κ3) is 4.49. The Bertz CT molecular complexity index is 553. The van der Waals surface area contributed by atoms with Gasteiger partial charge in [0.05, 0.1) is 31.0 Å². The normalized spacial score (nSPS) is 21.1. The molecule has 1 heterocycles. The maximum atomic E-state index is 12.4. The second kappa shape index (κ2) is 7.05. The predicted octanol–water partition coefficient (Wildman–Crippen LogP) is 2.20. The maximum Gasteiger partial charge on any atom is 0.573 e. The number of nitrogens with zero attached hydrogens (tertiary/aromatic N) is 1. The number of ether oxygens (including phenoxy) is 2. The van der Waals surface area contributed by atoms with Gasteiger partial charge in [0.1, 0.15) is 0 Å². The van der Waals surface area contributed by atoms with Gasteiger partial charge in [0.2, 0.25) is 0 Å². The Labute approximate surface area is 130 Å². The van der Waals surface area contributed by atoms with Gasteiger partial charge < -0.3 is 24.8 Å². The van der Waals surface area contributed by atoms with Crippen LogP contribution in [0.15, 0.2) is 24.3 Å². The van der Waals surface area contributed by atoms with Gasteiger partial charge in [0.25, 0.3) is 0 Å². The molecule has 128 valence electrons. The van der Waals surface area contributed by atoms with Crippen molar-refractivity contribution in [3.05, 3.63) is 24.3 Å². The fourth-order valence-corrected chi connectivity index (χ4v) is 2.33. The highest BCUT2D eigenvalue weighted by Gasteiger charge is 2.35. The van der Waals surface area contributed by atoms with Crippen molar-refractivity contribution in [1.29, 1.82) is 0 Å². The lowest BCUT2D eigenvalue weighted by molar-refractivity contribution is -0.274. The van der Waals surface area contributed by atoms with Crippen molar-refractivity contribution in [2.24, 2.45) is 0 Å². The average Bonchev–Trinajstić information content (AvgIpc) is 2.87. The van der Waals surface area contributed by atoms with Crippen molar-refractivity contribution in [3.8, 4) is 5.75 Å². The highest BCUT2D eigenvalue weighted by molar-refractivity contribution is 5.91. The Morgan fingerprint density at radius 2 is 2.13 bits per heavy atom. The molecule has 6 nitrogen and oxygen atoms in total. The molecule has 1 fully saturated rings. The molecule has 1 aliphatic rings. The van der Waals surface area contributed by atoms with Gasteiger partial charge >= 0.3 is 12.4 Å². The molecule has 9 heteroatoms. The summed E-state index contributed by atoms with van der Waals surface area (Å²) in [6, 6.07) is 4.06. The largest absolute Gasteiger partial charge is 0.573 e. The third-order valence-corrected chi connectivity index (χ3v) is 3.38. The van der Waals surface area contributed by atoms with Crippen molar-refractivity contribution >= 4 is 11.7 Å². The van der Waals surface area contributed by atoms with E-state index in [0.29, 0.717) is 0 Å². The van der Waals surface area contributed by atoms with Gasteiger partial charge in [-0.3, -0.25) is 0 Å². The van der Waals surface area contributed by atoms with Gasteiger partial charge in [0.15, 0.2) is 5.75 Å². The fourth-order valence-electron chi connectivity index (χ4n) is 2.33. The standard InChI is InChI=1S/C14H17F3N2O4/c1-2-19(10-7-22-8-11(10)20)13(21)18-9-5-3-4-6-12(9)23-14(15,16)17/h3-6,10-11,20H,2,7-8H2,1H3,(H,18,21)/t10-,11-/m1/s1. The van der Waals surface area contributed by atoms with E-state index >= 15 is 0 Å². The number of likely N-dealkylation sites (N-methyl/N-ethyl adjacent to an activating group) is 1. The second-order valence-corrected chi connectivity index (χ2v) is 4.93. The number of benzene rings is 1. The Morgan fingerprint density at radius 1 is 1.43 bits per heavy atom. The molecule has 1 aromatic carbocycles. The van der Waals surface area contributed by atoms with Gasteiger partial charge in [0, 0.05) is 6.54 Å². The fraction of sp³-hybridized carbons (Fsp3) is 0.500. The lowest BCUT2D eigenvalue weighted by Crippen LogP contribution is -2.48. The summed E-state index contributed by atoms with van der Waals surface area (Å²) in [6.45, 7) is 2.24. The molecule has 1 aromatic rings. The van der Waals surface area contributed by atoms with E-state index in [2.05, 4.69) is 10.1 Å². The zero-order chi connectivity index (χ0) is 17.0. The van der Waals surface area contributed by atoms with E-state index in [9.17, 15) is 23.1 Å². The summed E-state index contributed by atoms with van der Waals surface area (Å²) in [5.41, 5.74) is -0.110. The highest BCUT2D eigenvalue weighted by Crippen LogP contribution is 2.30. The Morgan fingerprint density at radius 3 is 2.70 bits per heavy atom. The summed E-state index contributed by atoms with van der Waals surface area (Å²) in [7, 11) is 0. The van der Waals surface area contributed by atoms with Crippen molar-refractivity contribution in [2.75, 3.05) is 25.1 Å². The number of rotatable bonds is 4. The number of carbonyl (C=O) groups is 1. The number of urea groups is 1. The van der Waals surface area contributed by atoms with Crippen LogP contribution in [0.3, 0.4) is 0 Å². The molecular formula is C14H17F3N2O4. The van der Waals surface area contributed by atoms with E-state index in [4.69, 9.17) is 4.74 Å². The lowest BCUT2D eigenvalue weighted by atomic mass is 10.2. The number of carbonyl (C=O) groups excluding carboxylic acids is 1. The third-order valence-electron chi connectivity index (χ3n) is 3.38. The molecule has 1 aliphatic heterocycles. The predicted molar refractivity (Wildman–Crippen MR) is 75.1 cm³/mol. The van der Waals surface area contributed by atoms with E-state index in [-0.39, 0.29) is 25.4 Å². The summed E-state index contributed by atoms with van der Waals surface area (Å²) < 4.78 is 46.1. The summed E-state index contributed by atoms with van der Waals surface area (Å²) in [5.74, 6) is -0.507. The molecule has 1 saturated heterocycles. The van der Waals surface area contributed by atoms with Gasteiger partial charge in [-0.2, -0.15) is 0 Å². The number of aliphatic hydroxyl groups excluding tert-OH is 1. The molecule has 0 aliphatic carbocycles. The van der Waals surface area contributed by atoms with Gasteiger partial charge in [-0.25, -0.2) is 4.79 Å². The second-order valence-electron chi connectivity index (χ2n) is 4.93. The Balaban J connectivity index is 2.13. The summed E-state index contributed by atoms with van der Waals surface area (Å²) in [4.78, 5) is 13.6. The van der Waals surface area contributed by atoms with E-state index in [1.54, 1.807) is 6.92 Å². The number of hydrogen-bond donors (Lipinski definition) is 2. The molecule has 0 spiro atoms. The van der Waals surface area contributed by atoms with Crippen LogP contribution >= 0.6 is 0 Å². The first-order chi connectivity index (χ1) is 10.8. The zero-order valence-electron chi connectivity index (χ0n) is 12.3. The molecule has 0 bridgehead atoms. The zero-order valence-corrected chi connectivity index (χ0v) is 12.3. The monoisotopic (exact) mass is 334 g/mol. The van der Waals surface area contributed by atoms with E-state index in [1.165, 1.54) is 23.1 Å². The Kier molecular flexibility index (Phi) is 5.32. The van der Waals surface area contributed by atoms with Gasteiger partial charge in [-0.15, -0.1) is 13.2 Å². The number of amides is 2. The first-order valence-corrected chi connectivity index (χ1v) is 7.00. The van der Waals surface area contributed by atoms with Crippen LogP contribution in [-0.2, 0) is 4.74 Å². The SMILES string of the molecule is CCN(C(=O)Nc1ccccc1OC(F)(F)F)[C@@H]1COC[C@H]1O. The highest BCUT2D eigenvalue weighted by atomic mass is 19.4. The molecule has 2 atom stereocenters. The molecule has 0 aromatic heterocycles. The molecule has 0 radical (unpaired) electrons. The van der Waals surface area contributed by atoms with Crippen molar-refractivity contribution < 1.29 is 32.5 Å². The molecular weight excluding hydrogens is 317 g/mol. The molecule has 23 heavy (non-hydrogen) atoms. The Hall–Kier alpha value is -2.00. The number of anilines is 1. The summed E-state index contributed by atoms with van der Waals surface area (Å²) >= 11 is 0. The van der Waals surface area contributed by atoms with Crippen LogP contribution in [0.4, 0.5) is 23.7 Å². The average molecular weight is 334 g/mol. The van der Waals surface area contributed by atoms with Crippen molar-refractivity contribution in [3.63, 3.8) is 0 Å². The number of halogens is 3. The van der Waals surface area contributed by atoms with Crippen LogP contribution in [-0.4, -0.2) is 54.3 Å². The van der Waals surface area contributed by atoms with Crippen LogP contribution in [0, 0.1) is 0 Å². The quantitative estimate of drug-likeness (QED) is 0.886. The number of para-hydroxylation sites is 2. The minimum absolute atomic E-state index is 0.110. The number of alkyl halides is 3. The minimum Gasteiger partial charge on any atom is -0.404 e. The van der Waals surface area contributed by atoms with E-state index in [0.717, 1.165) is 6.07 Å². The molecule has 0 saturated carbocycles. The minimum atomic E-state index is -4.86. The topological polar surface area (TPSA) is 71.0 Å². The smallest absolute Gasteiger partial charge is 0.404 e. The van der Waals surface area contributed by atoms with Crippen LogP contribution in [0.25, 0.3) is 0 Å². The molecule has 2 rings (SSSR count). The lowest BCUT2D eigenvalue weighted by Gasteiger charge is -2.29. The number of nitrogens with one attached hydrogen (secondary N) is 1. The van der Waals surface area contributed by atoms with Crippen LogP contribution in [0.2, 0.25) is 0 Å². The maximum absolute atomic E-state index is 12.4. The van der Waals surface area contributed by atoms with Gasteiger partial charge in [-0.1, -0.05) is 12.1 Å². The number of hydrogen-bond acceptors (Lipinski definition) is 4. The van der Waals surface area contributed by atoms with E-state index < -0.39 is 30.3 Å². The van der Waals surface area contributed by atoms with Crippen LogP contribution in [0.1, 0.15) is 6.92 Å². The van der Waals surface area contributed by atoms with Gasteiger partial charge in [-0.05, 0) is 19.1 Å². The van der Waals surface area contributed by atoms with Crippen LogP contribution < -0.4 is 10.1 Å². The van der Waals surface area contributed by atoms with E-state index in [1.807, 2.05) is 0 Å². The van der Waals surface area contributed by atoms with Crippen molar-refractivity contribution in [1.82, 2.24) is 4.90 Å². The molecule has 2 amide bonds. The number of aliphatic hydroxyl groups is 1.